The minimum Gasteiger partial charge on any atom is -0.496 e. The Labute approximate surface area is 78.4 Å². The Morgan fingerprint density at radius 1 is 1.54 bits per heavy atom. The lowest BCUT2D eigenvalue weighted by Gasteiger charge is -2.27. The third kappa shape index (κ3) is 3.09. The number of carboxylic acids is 1. The van der Waals surface area contributed by atoms with Gasteiger partial charge in [-0.05, 0) is 32.6 Å². The summed E-state index contributed by atoms with van der Waals surface area (Å²) < 4.78 is 5.41. The fraction of sp³-hybridized carbons (Fsp3) is 0.700. The van der Waals surface area contributed by atoms with Gasteiger partial charge in [-0.1, -0.05) is 6.58 Å². The lowest BCUT2D eigenvalue weighted by molar-refractivity contribution is -0.144. The number of carboxylic acid groups (broad SMARTS) is 1. The van der Waals surface area contributed by atoms with Gasteiger partial charge in [0.25, 0.3) is 0 Å². The molecule has 13 heavy (non-hydrogen) atoms. The molecular formula is C10H16O3. The Balaban J connectivity index is 2.41. The van der Waals surface area contributed by atoms with Crippen LogP contribution >= 0.6 is 0 Å². The van der Waals surface area contributed by atoms with Gasteiger partial charge in [-0.2, -0.15) is 0 Å². The molecule has 0 heterocycles. The van der Waals surface area contributed by atoms with Crippen molar-refractivity contribution < 1.29 is 14.6 Å². The molecule has 3 heteroatoms. The van der Waals surface area contributed by atoms with E-state index in [0.29, 0.717) is 12.2 Å². The van der Waals surface area contributed by atoms with E-state index in [-0.39, 0.29) is 12.0 Å². The molecule has 0 unspecified atom stereocenters. The van der Waals surface area contributed by atoms with E-state index in [0.717, 1.165) is 19.3 Å². The van der Waals surface area contributed by atoms with Crippen LogP contribution in [0.1, 0.15) is 32.6 Å². The summed E-state index contributed by atoms with van der Waals surface area (Å²) in [6.07, 6.45) is 3.37. The van der Waals surface area contributed by atoms with Crippen LogP contribution in [0, 0.1) is 5.92 Å². The van der Waals surface area contributed by atoms with Crippen molar-refractivity contribution in [1.82, 2.24) is 0 Å². The van der Waals surface area contributed by atoms with Gasteiger partial charge >= 0.3 is 5.97 Å². The van der Waals surface area contributed by atoms with Gasteiger partial charge in [-0.3, -0.25) is 4.79 Å². The number of hydrogen-bond acceptors (Lipinski definition) is 2. The third-order valence-electron chi connectivity index (χ3n) is 2.34. The second kappa shape index (κ2) is 4.30. The van der Waals surface area contributed by atoms with Crippen LogP contribution in [0.4, 0.5) is 0 Å². The zero-order valence-electron chi connectivity index (χ0n) is 7.95. The monoisotopic (exact) mass is 184 g/mol. The van der Waals surface area contributed by atoms with Crippen LogP contribution in [-0.2, 0) is 9.53 Å². The third-order valence-corrected chi connectivity index (χ3v) is 2.34. The first-order valence-corrected chi connectivity index (χ1v) is 4.64. The van der Waals surface area contributed by atoms with Crippen LogP contribution in [0.2, 0.25) is 0 Å². The molecule has 74 valence electrons. The van der Waals surface area contributed by atoms with Gasteiger partial charge in [0.05, 0.1) is 17.8 Å². The number of hydrogen-bond donors (Lipinski definition) is 1. The molecule has 0 bridgehead atoms. The summed E-state index contributed by atoms with van der Waals surface area (Å²) in [6, 6.07) is 0. The van der Waals surface area contributed by atoms with Gasteiger partial charge in [0.2, 0.25) is 0 Å². The molecule has 1 N–H and O–H groups in total. The zero-order chi connectivity index (χ0) is 9.84. The van der Waals surface area contributed by atoms with Gasteiger partial charge in [-0.25, -0.2) is 0 Å². The zero-order valence-corrected chi connectivity index (χ0v) is 7.95. The molecule has 1 fully saturated rings. The first-order valence-electron chi connectivity index (χ1n) is 4.64. The van der Waals surface area contributed by atoms with Crippen LogP contribution < -0.4 is 0 Å². The molecular weight excluding hydrogens is 168 g/mol. The van der Waals surface area contributed by atoms with E-state index in [2.05, 4.69) is 6.58 Å². The molecule has 0 aromatic carbocycles. The average molecular weight is 184 g/mol. The Morgan fingerprint density at radius 2 is 2.23 bits per heavy atom. The van der Waals surface area contributed by atoms with Crippen molar-refractivity contribution in [3.8, 4) is 0 Å². The summed E-state index contributed by atoms with van der Waals surface area (Å²) in [4.78, 5) is 10.7. The number of rotatable bonds is 3. The molecule has 0 amide bonds. The molecule has 0 aromatic rings. The fourth-order valence-electron chi connectivity index (χ4n) is 1.76. The smallest absolute Gasteiger partial charge is 0.306 e. The highest BCUT2D eigenvalue weighted by atomic mass is 16.5. The minimum absolute atomic E-state index is 0.0624. The highest BCUT2D eigenvalue weighted by Gasteiger charge is 2.27. The Kier molecular flexibility index (Phi) is 3.34. The van der Waals surface area contributed by atoms with Crippen molar-refractivity contribution in [2.45, 2.75) is 38.7 Å². The first kappa shape index (κ1) is 10.1. The summed E-state index contributed by atoms with van der Waals surface area (Å²) >= 11 is 0. The molecule has 2 atom stereocenters. The van der Waals surface area contributed by atoms with Gasteiger partial charge < -0.3 is 9.84 Å². The van der Waals surface area contributed by atoms with E-state index in [9.17, 15) is 4.79 Å². The maximum Gasteiger partial charge on any atom is 0.306 e. The van der Waals surface area contributed by atoms with Crippen molar-refractivity contribution in [3.05, 3.63) is 12.3 Å². The summed E-state index contributed by atoms with van der Waals surface area (Å²) in [5, 5.41) is 8.81. The second-order valence-corrected chi connectivity index (χ2v) is 3.64. The van der Waals surface area contributed by atoms with Gasteiger partial charge in [0.1, 0.15) is 0 Å². The molecule has 0 saturated heterocycles. The number of allylic oxidation sites excluding steroid dienone is 1. The van der Waals surface area contributed by atoms with E-state index < -0.39 is 5.97 Å². The summed E-state index contributed by atoms with van der Waals surface area (Å²) in [6.45, 7) is 5.45. The normalized spacial score (nSPS) is 28.1. The number of carbonyl (C=O) groups is 1. The fourth-order valence-corrected chi connectivity index (χ4v) is 1.76. The van der Waals surface area contributed by atoms with Crippen LogP contribution in [0.3, 0.4) is 0 Å². The molecule has 1 aliphatic carbocycles. The van der Waals surface area contributed by atoms with E-state index in [4.69, 9.17) is 9.84 Å². The number of aliphatic carboxylic acids is 1. The second-order valence-electron chi connectivity index (χ2n) is 3.64. The Bertz CT molecular complexity index is 210. The van der Waals surface area contributed by atoms with E-state index in [1.54, 1.807) is 6.92 Å². The SMILES string of the molecule is C=C(C)O[C@H]1CCC[C@H](C(=O)O)C1. The highest BCUT2D eigenvalue weighted by Crippen LogP contribution is 2.27. The lowest BCUT2D eigenvalue weighted by atomic mass is 9.87. The average Bonchev–Trinajstić information content (AvgIpc) is 2.03. The van der Waals surface area contributed by atoms with Crippen LogP contribution in [0.25, 0.3) is 0 Å². The topological polar surface area (TPSA) is 46.5 Å². The molecule has 1 saturated carbocycles. The van der Waals surface area contributed by atoms with Gasteiger partial charge in [-0.15, -0.1) is 0 Å². The summed E-state index contributed by atoms with van der Waals surface area (Å²) in [5.41, 5.74) is 0. The lowest BCUT2D eigenvalue weighted by Crippen LogP contribution is -2.27. The number of ether oxygens (including phenoxy) is 1. The predicted octanol–water partition coefficient (Wildman–Crippen LogP) is 2.18. The van der Waals surface area contributed by atoms with Gasteiger partial charge in [0, 0.05) is 0 Å². The van der Waals surface area contributed by atoms with Crippen LogP contribution in [0.15, 0.2) is 12.3 Å². The quantitative estimate of drug-likeness (QED) is 0.684. The standard InChI is InChI=1S/C10H16O3/c1-7(2)13-9-5-3-4-8(6-9)10(11)12/h8-9H,1,3-6H2,2H3,(H,11,12)/t8-,9-/m0/s1. The van der Waals surface area contributed by atoms with E-state index in [1.807, 2.05) is 0 Å². The Hall–Kier alpha value is -0.990. The van der Waals surface area contributed by atoms with Crippen LogP contribution in [0.5, 0.6) is 0 Å². The molecule has 0 spiro atoms. The maximum atomic E-state index is 10.7. The highest BCUT2D eigenvalue weighted by molar-refractivity contribution is 5.70. The van der Waals surface area contributed by atoms with Crippen molar-refractivity contribution in [2.75, 3.05) is 0 Å². The largest absolute Gasteiger partial charge is 0.496 e. The molecule has 1 aliphatic rings. The maximum absolute atomic E-state index is 10.7. The summed E-state index contributed by atoms with van der Waals surface area (Å²) in [7, 11) is 0. The van der Waals surface area contributed by atoms with Crippen molar-refractivity contribution in [3.63, 3.8) is 0 Å². The van der Waals surface area contributed by atoms with E-state index >= 15 is 0 Å². The van der Waals surface area contributed by atoms with E-state index in [1.165, 1.54) is 0 Å². The molecule has 0 radical (unpaired) electrons. The minimum atomic E-state index is -0.699. The molecule has 3 nitrogen and oxygen atoms in total. The van der Waals surface area contributed by atoms with Crippen molar-refractivity contribution in [2.24, 2.45) is 5.92 Å². The molecule has 1 rings (SSSR count). The molecule has 0 aliphatic heterocycles. The summed E-state index contributed by atoms with van der Waals surface area (Å²) in [5.74, 6) is -0.246. The predicted molar refractivity (Wildman–Crippen MR) is 49.3 cm³/mol. The van der Waals surface area contributed by atoms with Crippen molar-refractivity contribution in [1.29, 1.82) is 0 Å². The molecule has 0 aromatic heterocycles. The van der Waals surface area contributed by atoms with Crippen LogP contribution in [-0.4, -0.2) is 17.2 Å². The first-order chi connectivity index (χ1) is 6.09. The van der Waals surface area contributed by atoms with Crippen molar-refractivity contribution >= 4 is 5.97 Å². The van der Waals surface area contributed by atoms with Gasteiger partial charge in [0.15, 0.2) is 0 Å². The Morgan fingerprint density at radius 3 is 2.77 bits per heavy atom.